The zero-order chi connectivity index (χ0) is 9.66. The molecule has 0 fully saturated rings. The molecule has 0 saturated carbocycles. The van der Waals surface area contributed by atoms with Gasteiger partial charge in [0.1, 0.15) is 0 Å². The molecule has 0 radical (unpaired) electrons. The van der Waals surface area contributed by atoms with Crippen LogP contribution in [0, 0.1) is 0 Å². The van der Waals surface area contributed by atoms with Gasteiger partial charge in [0.2, 0.25) is 0 Å². The van der Waals surface area contributed by atoms with Gasteiger partial charge in [-0.15, -0.1) is 36.4 Å². The summed E-state index contributed by atoms with van der Waals surface area (Å²) in [4.78, 5) is 0. The minimum absolute atomic E-state index is 0. The predicted molar refractivity (Wildman–Crippen MR) is 55.4 cm³/mol. The van der Waals surface area contributed by atoms with E-state index in [1.807, 2.05) is 0 Å². The molecule has 0 aromatic carbocycles. The van der Waals surface area contributed by atoms with Crippen LogP contribution >= 0.6 is 23.2 Å². The number of hydrogen-bond donors (Lipinski definition) is 0. The van der Waals surface area contributed by atoms with Crippen molar-refractivity contribution >= 4 is 46.3 Å². The van der Waals surface area contributed by atoms with Crippen LogP contribution in [-0.2, 0) is 0 Å². The Kier molecular flexibility index (Phi) is 35.4. The Labute approximate surface area is 107 Å². The molecule has 2 nitrogen and oxygen atoms in total. The van der Waals surface area contributed by atoms with Crippen LogP contribution in [0.4, 0.5) is 0 Å². The molecule has 0 unspecified atom stereocenters. The first-order valence-electron chi connectivity index (χ1n) is 4.11. The molecule has 0 bridgehead atoms. The Balaban J connectivity index is -0.000000143. The SMILES string of the molecule is [Mg+2].[O-]CCCCCl.[O-]CCCCCl. The number of halogens is 2. The van der Waals surface area contributed by atoms with Gasteiger partial charge in [0.25, 0.3) is 0 Å². The average Bonchev–Trinajstić information content (AvgIpc) is 2.12. The van der Waals surface area contributed by atoms with Crippen molar-refractivity contribution in [2.45, 2.75) is 25.7 Å². The van der Waals surface area contributed by atoms with E-state index in [1.165, 1.54) is 0 Å². The topological polar surface area (TPSA) is 46.1 Å². The van der Waals surface area contributed by atoms with Crippen molar-refractivity contribution in [3.05, 3.63) is 0 Å². The van der Waals surface area contributed by atoms with Gasteiger partial charge in [-0.2, -0.15) is 0 Å². The molecule has 0 amide bonds. The van der Waals surface area contributed by atoms with E-state index in [0.717, 1.165) is 25.7 Å². The molecule has 0 spiro atoms. The third kappa shape index (κ3) is 31.9. The van der Waals surface area contributed by atoms with E-state index < -0.39 is 0 Å². The maximum absolute atomic E-state index is 9.63. The van der Waals surface area contributed by atoms with Crippen molar-refractivity contribution in [3.8, 4) is 0 Å². The molecule has 0 atom stereocenters. The molecule has 0 N–H and O–H groups in total. The van der Waals surface area contributed by atoms with Crippen LogP contribution < -0.4 is 10.2 Å². The third-order valence-electron chi connectivity index (χ3n) is 1.06. The fraction of sp³-hybridized carbons (Fsp3) is 1.00. The van der Waals surface area contributed by atoms with Gasteiger partial charge < -0.3 is 10.2 Å². The van der Waals surface area contributed by atoms with Gasteiger partial charge >= 0.3 is 23.1 Å². The number of unbranched alkanes of at least 4 members (excludes halogenated alkanes) is 2. The van der Waals surface area contributed by atoms with Crippen molar-refractivity contribution in [1.82, 2.24) is 0 Å². The van der Waals surface area contributed by atoms with Gasteiger partial charge in [-0.3, -0.25) is 0 Å². The molecule has 0 saturated heterocycles. The largest absolute Gasteiger partial charge is 2.00 e. The first kappa shape index (κ1) is 19.8. The summed E-state index contributed by atoms with van der Waals surface area (Å²) in [6.45, 7) is 0.0411. The zero-order valence-electron chi connectivity index (χ0n) is 7.94. The van der Waals surface area contributed by atoms with Crippen molar-refractivity contribution in [2.75, 3.05) is 25.0 Å². The first-order valence-corrected chi connectivity index (χ1v) is 5.18. The summed E-state index contributed by atoms with van der Waals surface area (Å²) >= 11 is 10.5. The van der Waals surface area contributed by atoms with Crippen LogP contribution in [0.25, 0.3) is 0 Å². The van der Waals surface area contributed by atoms with E-state index in [9.17, 15) is 10.2 Å². The van der Waals surface area contributed by atoms with E-state index in [-0.39, 0.29) is 36.3 Å². The van der Waals surface area contributed by atoms with Gasteiger partial charge in [0.15, 0.2) is 0 Å². The van der Waals surface area contributed by atoms with Crippen molar-refractivity contribution in [2.24, 2.45) is 0 Å². The third-order valence-corrected chi connectivity index (χ3v) is 1.59. The van der Waals surface area contributed by atoms with Crippen LogP contribution in [0.1, 0.15) is 25.7 Å². The molecule has 0 aliphatic carbocycles. The van der Waals surface area contributed by atoms with Crippen molar-refractivity contribution in [1.29, 1.82) is 0 Å². The van der Waals surface area contributed by atoms with E-state index in [4.69, 9.17) is 23.2 Å². The second-order valence-corrected chi connectivity index (χ2v) is 2.96. The quantitative estimate of drug-likeness (QED) is 0.381. The molecule has 0 aliphatic rings. The Bertz CT molecular complexity index is 52.1. The van der Waals surface area contributed by atoms with Crippen LogP contribution in [0.5, 0.6) is 0 Å². The average molecular weight is 239 g/mol. The molecule has 0 rings (SSSR count). The predicted octanol–water partition coefficient (Wildman–Crippen LogP) is 0.351. The molecule has 5 heteroatoms. The number of alkyl halides is 2. The Hall–Kier alpha value is 1.27. The maximum atomic E-state index is 9.63. The van der Waals surface area contributed by atoms with Gasteiger partial charge in [0.05, 0.1) is 0 Å². The van der Waals surface area contributed by atoms with E-state index >= 15 is 0 Å². The molecule has 0 aromatic heterocycles. The Morgan fingerprint density at radius 1 is 0.692 bits per heavy atom. The standard InChI is InChI=1S/2C4H8ClO.Mg/c2*5-3-1-2-4-6;/h2*1-4H2;/q2*-1;+2. The molecular weight excluding hydrogens is 223 g/mol. The second kappa shape index (κ2) is 23.2. The zero-order valence-corrected chi connectivity index (χ0v) is 10.9. The Morgan fingerprint density at radius 2 is 1.00 bits per heavy atom. The summed E-state index contributed by atoms with van der Waals surface area (Å²) in [7, 11) is 0. The molecular formula is C8H16Cl2MgO2. The number of rotatable bonds is 6. The fourth-order valence-corrected chi connectivity index (χ4v) is 0.771. The van der Waals surface area contributed by atoms with Gasteiger partial charge in [-0.05, 0) is 12.8 Å². The summed E-state index contributed by atoms with van der Waals surface area (Å²) in [5.74, 6) is 1.25. The fourth-order valence-electron chi connectivity index (χ4n) is 0.393. The van der Waals surface area contributed by atoms with Gasteiger partial charge in [-0.1, -0.05) is 12.8 Å². The van der Waals surface area contributed by atoms with Crippen LogP contribution in [0.2, 0.25) is 0 Å². The second-order valence-electron chi connectivity index (χ2n) is 2.20. The Morgan fingerprint density at radius 3 is 1.08 bits per heavy atom. The summed E-state index contributed by atoms with van der Waals surface area (Å²) in [6, 6.07) is 0. The normalized spacial score (nSPS) is 8.31. The molecule has 76 valence electrons. The van der Waals surface area contributed by atoms with Crippen molar-refractivity contribution in [3.63, 3.8) is 0 Å². The molecule has 13 heavy (non-hydrogen) atoms. The van der Waals surface area contributed by atoms with Gasteiger partial charge in [0, 0.05) is 11.8 Å². The summed E-state index contributed by atoms with van der Waals surface area (Å²) in [5.41, 5.74) is 0. The number of hydrogen-bond acceptors (Lipinski definition) is 2. The molecule has 0 aromatic rings. The monoisotopic (exact) mass is 238 g/mol. The smallest absolute Gasteiger partial charge is 0.854 e. The van der Waals surface area contributed by atoms with Crippen LogP contribution in [0.3, 0.4) is 0 Å². The summed E-state index contributed by atoms with van der Waals surface area (Å²) in [6.07, 6.45) is 3.18. The van der Waals surface area contributed by atoms with E-state index in [0.29, 0.717) is 11.8 Å². The summed E-state index contributed by atoms with van der Waals surface area (Å²) < 4.78 is 0. The van der Waals surface area contributed by atoms with E-state index in [1.54, 1.807) is 0 Å². The van der Waals surface area contributed by atoms with Crippen LogP contribution in [0.15, 0.2) is 0 Å². The maximum Gasteiger partial charge on any atom is 2.00 e. The minimum atomic E-state index is 0. The molecule has 0 aliphatic heterocycles. The summed E-state index contributed by atoms with van der Waals surface area (Å²) in [5, 5.41) is 19.3. The van der Waals surface area contributed by atoms with Crippen molar-refractivity contribution < 1.29 is 10.2 Å². The first-order chi connectivity index (χ1) is 5.83. The molecule has 0 heterocycles. The van der Waals surface area contributed by atoms with E-state index in [2.05, 4.69) is 0 Å². The van der Waals surface area contributed by atoms with Crippen LogP contribution in [-0.4, -0.2) is 48.0 Å². The van der Waals surface area contributed by atoms with Gasteiger partial charge in [-0.25, -0.2) is 0 Å². The minimum Gasteiger partial charge on any atom is -0.854 e.